The number of carboxylic acids is 1. The Bertz CT molecular complexity index is 841. The molecule has 0 spiro atoms. The van der Waals surface area contributed by atoms with Crippen molar-refractivity contribution in [1.29, 1.82) is 0 Å². The third-order valence-corrected chi connectivity index (χ3v) is 2.94. The Morgan fingerprint density at radius 2 is 2.05 bits per heavy atom. The van der Waals surface area contributed by atoms with Crippen molar-refractivity contribution < 1.29 is 14.7 Å². The van der Waals surface area contributed by atoms with Crippen LogP contribution in [0.3, 0.4) is 0 Å². The van der Waals surface area contributed by atoms with Gasteiger partial charge in [-0.1, -0.05) is 0 Å². The zero-order valence-corrected chi connectivity index (χ0v) is 10.7. The fourth-order valence-corrected chi connectivity index (χ4v) is 1.91. The summed E-state index contributed by atoms with van der Waals surface area (Å²) in [6.07, 6.45) is 2.96. The number of rotatable bonds is 3. The van der Waals surface area contributed by atoms with Gasteiger partial charge in [0.05, 0.1) is 11.7 Å². The second kappa shape index (κ2) is 5.04. The van der Waals surface area contributed by atoms with Crippen molar-refractivity contribution in [2.45, 2.75) is 0 Å². The van der Waals surface area contributed by atoms with Crippen LogP contribution in [0, 0.1) is 0 Å². The van der Waals surface area contributed by atoms with Gasteiger partial charge in [-0.05, 0) is 30.3 Å². The summed E-state index contributed by atoms with van der Waals surface area (Å²) >= 11 is 0. The predicted octanol–water partition coefficient (Wildman–Crippen LogP) is 1.91. The molecule has 0 atom stereocenters. The Kier molecular flexibility index (Phi) is 3.07. The van der Waals surface area contributed by atoms with Gasteiger partial charge >= 0.3 is 5.97 Å². The SMILES string of the molecule is O=C(Nc1ccnc(C(=O)O)c1)c1ccc2[nH]ncc2c1. The molecule has 0 unspecified atom stereocenters. The number of aromatic amines is 1. The maximum atomic E-state index is 12.2. The first-order valence-corrected chi connectivity index (χ1v) is 6.07. The number of hydrogen-bond donors (Lipinski definition) is 3. The van der Waals surface area contributed by atoms with Crippen LogP contribution in [0.4, 0.5) is 5.69 Å². The Hall–Kier alpha value is -3.22. The number of aromatic nitrogens is 3. The van der Waals surface area contributed by atoms with E-state index in [2.05, 4.69) is 20.5 Å². The van der Waals surface area contributed by atoms with Crippen molar-refractivity contribution in [3.05, 3.63) is 54.0 Å². The largest absolute Gasteiger partial charge is 0.477 e. The lowest BCUT2D eigenvalue weighted by atomic mass is 10.1. The summed E-state index contributed by atoms with van der Waals surface area (Å²) in [5.74, 6) is -1.48. The zero-order chi connectivity index (χ0) is 14.8. The average Bonchev–Trinajstić information content (AvgIpc) is 2.94. The minimum absolute atomic E-state index is 0.127. The summed E-state index contributed by atoms with van der Waals surface area (Å²) in [5, 5.41) is 19.0. The van der Waals surface area contributed by atoms with Crippen LogP contribution in [0.25, 0.3) is 10.9 Å². The molecule has 0 saturated carbocycles. The number of nitrogens with zero attached hydrogens (tertiary/aromatic N) is 2. The highest BCUT2D eigenvalue weighted by molar-refractivity contribution is 6.06. The maximum Gasteiger partial charge on any atom is 0.354 e. The van der Waals surface area contributed by atoms with E-state index >= 15 is 0 Å². The van der Waals surface area contributed by atoms with Crippen LogP contribution in [-0.4, -0.2) is 32.2 Å². The molecule has 2 aromatic heterocycles. The van der Waals surface area contributed by atoms with Crippen LogP contribution in [-0.2, 0) is 0 Å². The number of fused-ring (bicyclic) bond motifs is 1. The lowest BCUT2D eigenvalue weighted by molar-refractivity contribution is 0.0690. The number of carbonyl (C=O) groups is 2. The Morgan fingerprint density at radius 3 is 2.86 bits per heavy atom. The van der Waals surface area contributed by atoms with E-state index in [0.29, 0.717) is 11.3 Å². The monoisotopic (exact) mass is 282 g/mol. The number of carboxylic acid groups (broad SMARTS) is 1. The number of benzene rings is 1. The first-order chi connectivity index (χ1) is 10.1. The van der Waals surface area contributed by atoms with Crippen molar-refractivity contribution in [2.75, 3.05) is 5.32 Å². The van der Waals surface area contributed by atoms with Gasteiger partial charge in [-0.25, -0.2) is 9.78 Å². The van der Waals surface area contributed by atoms with Crippen molar-refractivity contribution in [3.63, 3.8) is 0 Å². The molecular weight excluding hydrogens is 272 g/mol. The fraction of sp³-hybridized carbons (Fsp3) is 0. The van der Waals surface area contributed by atoms with Gasteiger partial charge < -0.3 is 10.4 Å². The Morgan fingerprint density at radius 1 is 1.19 bits per heavy atom. The van der Waals surface area contributed by atoms with Crippen LogP contribution in [0.2, 0.25) is 0 Å². The van der Waals surface area contributed by atoms with Crippen LogP contribution in [0.5, 0.6) is 0 Å². The van der Waals surface area contributed by atoms with Crippen molar-refractivity contribution in [1.82, 2.24) is 15.2 Å². The highest BCUT2D eigenvalue weighted by Gasteiger charge is 2.10. The second-order valence-electron chi connectivity index (χ2n) is 4.36. The summed E-state index contributed by atoms with van der Waals surface area (Å²) in [6, 6.07) is 7.95. The van der Waals surface area contributed by atoms with Crippen LogP contribution < -0.4 is 5.32 Å². The molecule has 21 heavy (non-hydrogen) atoms. The summed E-state index contributed by atoms with van der Waals surface area (Å²) in [6.45, 7) is 0. The van der Waals surface area contributed by atoms with Crippen molar-refractivity contribution in [3.8, 4) is 0 Å². The lowest BCUT2D eigenvalue weighted by Crippen LogP contribution is -2.12. The zero-order valence-electron chi connectivity index (χ0n) is 10.7. The average molecular weight is 282 g/mol. The first kappa shape index (κ1) is 12.8. The highest BCUT2D eigenvalue weighted by Crippen LogP contribution is 2.15. The van der Waals surface area contributed by atoms with Gasteiger partial charge in [0.2, 0.25) is 0 Å². The summed E-state index contributed by atoms with van der Waals surface area (Å²) in [7, 11) is 0. The molecule has 104 valence electrons. The molecule has 3 aromatic rings. The number of amides is 1. The molecule has 0 radical (unpaired) electrons. The normalized spacial score (nSPS) is 10.5. The molecule has 0 saturated heterocycles. The Balaban J connectivity index is 1.85. The van der Waals surface area contributed by atoms with Gasteiger partial charge in [0.25, 0.3) is 5.91 Å². The molecular formula is C14H10N4O3. The predicted molar refractivity (Wildman–Crippen MR) is 75.2 cm³/mol. The van der Waals surface area contributed by atoms with E-state index in [1.165, 1.54) is 18.3 Å². The standard InChI is InChI=1S/C14H10N4O3/c19-13(8-1-2-11-9(5-8)7-16-18-11)17-10-3-4-15-12(6-10)14(20)21/h1-7H,(H,16,18)(H,20,21)(H,15,17,19). The van der Waals surface area contributed by atoms with E-state index < -0.39 is 5.97 Å². The molecule has 3 rings (SSSR count). The van der Waals surface area contributed by atoms with Gasteiger partial charge in [-0.2, -0.15) is 5.10 Å². The molecule has 0 aliphatic rings. The number of H-pyrrole nitrogens is 1. The van der Waals surface area contributed by atoms with E-state index in [1.807, 2.05) is 0 Å². The molecule has 0 bridgehead atoms. The molecule has 7 heteroatoms. The molecule has 1 amide bonds. The van der Waals surface area contributed by atoms with Gasteiger partial charge in [0.1, 0.15) is 5.69 Å². The van der Waals surface area contributed by atoms with E-state index in [0.717, 1.165) is 10.9 Å². The molecule has 3 N–H and O–H groups in total. The third-order valence-electron chi connectivity index (χ3n) is 2.94. The highest BCUT2D eigenvalue weighted by atomic mass is 16.4. The molecule has 1 aromatic carbocycles. The number of nitrogens with one attached hydrogen (secondary N) is 2. The molecule has 2 heterocycles. The van der Waals surface area contributed by atoms with Crippen molar-refractivity contribution in [2.24, 2.45) is 0 Å². The summed E-state index contributed by atoms with van der Waals surface area (Å²) in [4.78, 5) is 26.7. The quantitative estimate of drug-likeness (QED) is 0.680. The molecule has 7 nitrogen and oxygen atoms in total. The molecule has 0 aliphatic carbocycles. The minimum atomic E-state index is -1.15. The molecule has 0 fully saturated rings. The number of carbonyl (C=O) groups excluding carboxylic acids is 1. The van der Waals surface area contributed by atoms with E-state index in [9.17, 15) is 9.59 Å². The van der Waals surface area contributed by atoms with Gasteiger partial charge in [0, 0.05) is 22.8 Å². The number of aromatic carboxylic acids is 1. The fourth-order valence-electron chi connectivity index (χ4n) is 1.91. The number of pyridine rings is 1. The van der Waals surface area contributed by atoms with Crippen molar-refractivity contribution >= 4 is 28.5 Å². The summed E-state index contributed by atoms with van der Waals surface area (Å²) < 4.78 is 0. The minimum Gasteiger partial charge on any atom is -0.477 e. The summed E-state index contributed by atoms with van der Waals surface area (Å²) in [5.41, 5.74) is 1.54. The van der Waals surface area contributed by atoms with Crippen LogP contribution >= 0.6 is 0 Å². The van der Waals surface area contributed by atoms with E-state index in [-0.39, 0.29) is 11.6 Å². The van der Waals surface area contributed by atoms with Gasteiger partial charge in [0.15, 0.2) is 0 Å². The topological polar surface area (TPSA) is 108 Å². The Labute approximate surface area is 118 Å². The third kappa shape index (κ3) is 2.57. The smallest absolute Gasteiger partial charge is 0.354 e. The number of anilines is 1. The van der Waals surface area contributed by atoms with Gasteiger partial charge in [-0.3, -0.25) is 9.89 Å². The van der Waals surface area contributed by atoms with Crippen LogP contribution in [0.1, 0.15) is 20.8 Å². The molecule has 0 aliphatic heterocycles. The first-order valence-electron chi connectivity index (χ1n) is 6.07. The number of hydrogen-bond acceptors (Lipinski definition) is 4. The van der Waals surface area contributed by atoms with E-state index in [4.69, 9.17) is 5.11 Å². The maximum absolute atomic E-state index is 12.2. The lowest BCUT2D eigenvalue weighted by Gasteiger charge is -2.05. The second-order valence-corrected chi connectivity index (χ2v) is 4.36. The van der Waals surface area contributed by atoms with E-state index in [1.54, 1.807) is 24.4 Å². The van der Waals surface area contributed by atoms with Crippen LogP contribution in [0.15, 0.2) is 42.7 Å². The van der Waals surface area contributed by atoms with Gasteiger partial charge in [-0.15, -0.1) is 0 Å².